The summed E-state index contributed by atoms with van der Waals surface area (Å²) in [6.45, 7) is 7.40. The molecule has 0 atom stereocenters. The zero-order valence-corrected chi connectivity index (χ0v) is 15.2. The van der Waals surface area contributed by atoms with Crippen LogP contribution >= 0.6 is 11.3 Å². The number of fused-ring (bicyclic) bond motifs is 2. The molecule has 0 fully saturated rings. The number of H-pyrrole nitrogens is 2. The minimum Gasteiger partial charge on any atom is -0.310 e. The number of aryl methyl sites for hydroxylation is 4. The van der Waals surface area contributed by atoms with Crippen LogP contribution in [0.4, 0.5) is 0 Å². The van der Waals surface area contributed by atoms with E-state index >= 15 is 0 Å². The largest absolute Gasteiger partial charge is 0.310 e. The quantitative estimate of drug-likeness (QED) is 0.507. The summed E-state index contributed by atoms with van der Waals surface area (Å²) in [4.78, 5) is 37.6. The van der Waals surface area contributed by atoms with Gasteiger partial charge in [-0.1, -0.05) is 12.1 Å². The van der Waals surface area contributed by atoms with Gasteiger partial charge in [-0.05, 0) is 50.3 Å². The average Bonchev–Trinajstić information content (AvgIpc) is 2.88. The summed E-state index contributed by atoms with van der Waals surface area (Å²) in [5.41, 5.74) is 2.65. The van der Waals surface area contributed by atoms with Gasteiger partial charge in [0.15, 0.2) is 0 Å². The van der Waals surface area contributed by atoms with Crippen molar-refractivity contribution >= 4 is 32.5 Å². The molecule has 0 spiro atoms. The number of aromatic amines is 2. The highest BCUT2D eigenvalue weighted by molar-refractivity contribution is 7.16. The first-order chi connectivity index (χ1) is 11.9. The molecule has 3 aromatic heterocycles. The van der Waals surface area contributed by atoms with Gasteiger partial charge in [-0.15, -0.1) is 11.3 Å². The van der Waals surface area contributed by atoms with E-state index in [9.17, 15) is 9.59 Å². The van der Waals surface area contributed by atoms with Gasteiger partial charge in [0.05, 0.1) is 16.3 Å². The third kappa shape index (κ3) is 3.36. The van der Waals surface area contributed by atoms with Crippen molar-refractivity contribution in [3.63, 3.8) is 0 Å². The van der Waals surface area contributed by atoms with Crippen LogP contribution in [0.25, 0.3) is 21.1 Å². The highest BCUT2D eigenvalue weighted by Gasteiger charge is 2.05. The molecule has 0 bridgehead atoms. The molecule has 4 aromatic rings. The zero-order valence-electron chi connectivity index (χ0n) is 14.4. The summed E-state index contributed by atoms with van der Waals surface area (Å²) >= 11 is 1.51. The van der Waals surface area contributed by atoms with Crippen LogP contribution in [-0.2, 0) is 0 Å². The monoisotopic (exact) mass is 354 g/mol. The maximum absolute atomic E-state index is 11.5. The molecule has 7 heteroatoms. The van der Waals surface area contributed by atoms with Crippen LogP contribution in [0.2, 0.25) is 0 Å². The van der Waals surface area contributed by atoms with Gasteiger partial charge in [-0.25, -0.2) is 9.97 Å². The molecule has 0 unspecified atom stereocenters. The second-order valence-electron chi connectivity index (χ2n) is 5.87. The Morgan fingerprint density at radius 1 is 0.840 bits per heavy atom. The van der Waals surface area contributed by atoms with E-state index in [0.717, 1.165) is 26.9 Å². The van der Waals surface area contributed by atoms with Crippen LogP contribution in [0, 0.1) is 27.7 Å². The van der Waals surface area contributed by atoms with Crippen molar-refractivity contribution in [2.45, 2.75) is 27.7 Å². The molecule has 6 nitrogen and oxygen atoms in total. The Morgan fingerprint density at radius 3 is 2.20 bits per heavy atom. The van der Waals surface area contributed by atoms with E-state index in [4.69, 9.17) is 0 Å². The summed E-state index contributed by atoms with van der Waals surface area (Å²) < 4.78 is 0. The summed E-state index contributed by atoms with van der Waals surface area (Å²) in [6.07, 6.45) is 0. The first-order valence-electron chi connectivity index (χ1n) is 7.78. The van der Waals surface area contributed by atoms with E-state index in [0.29, 0.717) is 17.0 Å². The molecule has 3 heterocycles. The van der Waals surface area contributed by atoms with Gasteiger partial charge < -0.3 is 9.97 Å². The average molecular weight is 354 g/mol. The van der Waals surface area contributed by atoms with Crippen molar-refractivity contribution in [3.8, 4) is 0 Å². The van der Waals surface area contributed by atoms with Crippen molar-refractivity contribution < 1.29 is 0 Å². The number of rotatable bonds is 0. The fourth-order valence-corrected chi connectivity index (χ4v) is 3.64. The molecule has 0 amide bonds. The van der Waals surface area contributed by atoms with Crippen molar-refractivity contribution in [2.75, 3.05) is 0 Å². The minimum atomic E-state index is -0.0550. The van der Waals surface area contributed by atoms with E-state index in [1.165, 1.54) is 11.3 Å². The van der Waals surface area contributed by atoms with E-state index in [1.807, 2.05) is 37.4 Å². The molecule has 0 aliphatic rings. The van der Waals surface area contributed by atoms with Crippen LogP contribution in [0.5, 0.6) is 0 Å². The number of hydrogen-bond donors (Lipinski definition) is 2. The van der Waals surface area contributed by atoms with Gasteiger partial charge in [-0.2, -0.15) is 0 Å². The maximum Gasteiger partial charge on any atom is 0.259 e. The topological polar surface area (TPSA) is 91.5 Å². The summed E-state index contributed by atoms with van der Waals surface area (Å²) in [5, 5.41) is 3.37. The van der Waals surface area contributed by atoms with E-state index in [1.54, 1.807) is 13.8 Å². The lowest BCUT2D eigenvalue weighted by Crippen LogP contribution is -2.10. The third-order valence-electron chi connectivity index (χ3n) is 3.81. The second kappa shape index (κ2) is 6.60. The molecular weight excluding hydrogens is 336 g/mol. The smallest absolute Gasteiger partial charge is 0.259 e. The molecule has 0 radical (unpaired) electrons. The molecule has 0 aliphatic heterocycles. The molecule has 0 saturated carbocycles. The molecule has 128 valence electrons. The molecule has 4 rings (SSSR count). The summed E-state index contributed by atoms with van der Waals surface area (Å²) in [6, 6.07) is 5.67. The van der Waals surface area contributed by atoms with Crippen molar-refractivity contribution in [1.29, 1.82) is 0 Å². The maximum atomic E-state index is 11.5. The predicted molar refractivity (Wildman–Crippen MR) is 102 cm³/mol. The fraction of sp³-hybridized carbons (Fsp3) is 0.222. The van der Waals surface area contributed by atoms with Gasteiger partial charge in [0.25, 0.3) is 11.1 Å². The van der Waals surface area contributed by atoms with Gasteiger partial charge in [0.1, 0.15) is 16.5 Å². The highest BCUT2D eigenvalue weighted by Crippen LogP contribution is 2.19. The molecule has 1 aromatic carbocycles. The number of nitrogens with one attached hydrogen (secondary N) is 2. The molecule has 25 heavy (non-hydrogen) atoms. The van der Waals surface area contributed by atoms with Crippen LogP contribution in [0.1, 0.15) is 22.8 Å². The Bertz CT molecular complexity index is 1190. The predicted octanol–water partition coefficient (Wildman–Crippen LogP) is 3.14. The number of nitrogens with zero attached hydrogens (tertiary/aromatic N) is 2. The number of hydrogen-bond acceptors (Lipinski definition) is 5. The van der Waals surface area contributed by atoms with Crippen LogP contribution in [-0.4, -0.2) is 19.9 Å². The van der Waals surface area contributed by atoms with E-state index in [-0.39, 0.29) is 11.1 Å². The third-order valence-corrected chi connectivity index (χ3v) is 4.80. The standard InChI is InChI=1S/C10H10N2O.C8H8N2OS/c1-6-4-3-5-8-9(6)10(13)12-7(2)11-8;1-4-3-12-8-6(4)7(11)9-5(2)10-8/h3-5H,1-2H3,(H,11,12,13);3H,1-2H3,(H,9,10,11). The van der Waals surface area contributed by atoms with Crippen LogP contribution in [0.3, 0.4) is 0 Å². The molecule has 2 N–H and O–H groups in total. The zero-order chi connectivity index (χ0) is 18.1. The van der Waals surface area contributed by atoms with Gasteiger partial charge in [-0.3, -0.25) is 9.59 Å². The fourth-order valence-electron chi connectivity index (χ4n) is 2.67. The first kappa shape index (κ1) is 17.0. The Hall–Kier alpha value is -2.80. The number of aromatic nitrogens is 4. The Balaban J connectivity index is 0.000000146. The first-order valence-corrected chi connectivity index (χ1v) is 8.65. The second-order valence-corrected chi connectivity index (χ2v) is 6.73. The number of benzene rings is 1. The van der Waals surface area contributed by atoms with Gasteiger partial charge >= 0.3 is 0 Å². The molecule has 0 saturated heterocycles. The molecule has 0 aliphatic carbocycles. The Kier molecular flexibility index (Phi) is 4.50. The van der Waals surface area contributed by atoms with Crippen LogP contribution < -0.4 is 11.1 Å². The summed E-state index contributed by atoms with van der Waals surface area (Å²) in [7, 11) is 0. The Morgan fingerprint density at radius 2 is 1.48 bits per heavy atom. The normalized spacial score (nSPS) is 10.7. The lowest BCUT2D eigenvalue weighted by Gasteiger charge is -2.00. The van der Waals surface area contributed by atoms with Crippen molar-refractivity contribution in [2.24, 2.45) is 0 Å². The van der Waals surface area contributed by atoms with Crippen LogP contribution in [0.15, 0.2) is 33.2 Å². The minimum absolute atomic E-state index is 0.0312. The van der Waals surface area contributed by atoms with Crippen molar-refractivity contribution in [1.82, 2.24) is 19.9 Å². The van der Waals surface area contributed by atoms with E-state index in [2.05, 4.69) is 19.9 Å². The Labute approximate surface area is 147 Å². The van der Waals surface area contributed by atoms with Crippen molar-refractivity contribution in [3.05, 3.63) is 67.1 Å². The lowest BCUT2D eigenvalue weighted by molar-refractivity contribution is 1.06. The van der Waals surface area contributed by atoms with E-state index < -0.39 is 0 Å². The lowest BCUT2D eigenvalue weighted by atomic mass is 10.1. The SMILES string of the molecule is Cc1nc2cccc(C)c2c(=O)[nH]1.Cc1nc2scc(C)c2c(=O)[nH]1. The summed E-state index contributed by atoms with van der Waals surface area (Å²) in [5.74, 6) is 1.33. The van der Waals surface area contributed by atoms with Gasteiger partial charge in [0.2, 0.25) is 0 Å². The molecular formula is C18H18N4O2S. The van der Waals surface area contributed by atoms with Gasteiger partial charge in [0, 0.05) is 0 Å². The number of thiophene rings is 1. The highest BCUT2D eigenvalue weighted by atomic mass is 32.1.